The molecule has 1 heteroatoms. The Bertz CT molecular complexity index is 648. The van der Waals surface area contributed by atoms with Crippen LogP contribution in [0.25, 0.3) is 0 Å². The van der Waals surface area contributed by atoms with Gasteiger partial charge < -0.3 is 0 Å². The number of rotatable bonds is 9. The van der Waals surface area contributed by atoms with Gasteiger partial charge in [0.1, 0.15) is 0 Å². The van der Waals surface area contributed by atoms with Crippen molar-refractivity contribution < 1.29 is 0 Å². The molecular weight excluding hydrogens is 344 g/mol. The lowest BCUT2D eigenvalue weighted by atomic mass is 9.76. The zero-order valence-electron chi connectivity index (χ0n) is 17.0. The van der Waals surface area contributed by atoms with Crippen molar-refractivity contribution in [2.75, 3.05) is 0 Å². The van der Waals surface area contributed by atoms with Crippen LogP contribution in [0.5, 0.6) is 0 Å². The lowest BCUT2D eigenvalue weighted by molar-refractivity contribution is 0.396. The Kier molecular flexibility index (Phi) is 8.33. The van der Waals surface area contributed by atoms with Gasteiger partial charge in [0.2, 0.25) is 0 Å². The van der Waals surface area contributed by atoms with E-state index in [1.807, 2.05) is 0 Å². The predicted molar refractivity (Wildman–Crippen MR) is 121 cm³/mol. The molecule has 0 nitrogen and oxygen atoms in total. The second kappa shape index (κ2) is 11.0. The Morgan fingerprint density at radius 3 is 1.70 bits per heavy atom. The molecule has 0 spiro atoms. The summed E-state index contributed by atoms with van der Waals surface area (Å²) in [5, 5.41) is 0. The molecule has 0 bridgehead atoms. The van der Waals surface area contributed by atoms with Gasteiger partial charge in [-0.1, -0.05) is 75.4 Å². The van der Waals surface area contributed by atoms with Crippen molar-refractivity contribution in [1.82, 2.24) is 0 Å². The molecule has 2 aromatic carbocycles. The number of aryl methyl sites for hydroxylation is 1. The zero-order valence-corrected chi connectivity index (χ0v) is 17.9. The summed E-state index contributed by atoms with van der Waals surface area (Å²) in [6.45, 7) is 2.29. The average molecular weight is 381 g/mol. The molecule has 0 aliphatic heterocycles. The molecule has 0 unspecified atom stereocenters. The fraction of sp³-hybridized carbons (Fsp3) is 0.538. The summed E-state index contributed by atoms with van der Waals surface area (Å²) in [6, 6.07) is 18.4. The maximum absolute atomic E-state index is 4.41. The van der Waals surface area contributed by atoms with Gasteiger partial charge in [0.25, 0.3) is 0 Å². The number of thiol groups is 1. The van der Waals surface area contributed by atoms with Crippen molar-refractivity contribution in [2.45, 2.75) is 94.3 Å². The minimum atomic E-state index is 0.738. The van der Waals surface area contributed by atoms with Gasteiger partial charge in [-0.25, -0.2) is 0 Å². The molecule has 1 aliphatic carbocycles. The number of hydrogen-bond acceptors (Lipinski definition) is 1. The monoisotopic (exact) mass is 380 g/mol. The number of unbranched alkanes of at least 4 members (excludes halogenated alkanes) is 5. The van der Waals surface area contributed by atoms with Crippen molar-refractivity contribution >= 4 is 12.6 Å². The van der Waals surface area contributed by atoms with Crippen LogP contribution in [-0.2, 0) is 6.42 Å². The minimum absolute atomic E-state index is 0.738. The van der Waals surface area contributed by atoms with Crippen LogP contribution in [0.15, 0.2) is 53.4 Å². The second-order valence-corrected chi connectivity index (χ2v) is 8.92. The van der Waals surface area contributed by atoms with Gasteiger partial charge in [0.05, 0.1) is 0 Å². The summed E-state index contributed by atoms with van der Waals surface area (Å²) < 4.78 is 0. The minimum Gasteiger partial charge on any atom is -0.143 e. The summed E-state index contributed by atoms with van der Waals surface area (Å²) in [5.74, 6) is 1.50. The number of benzene rings is 2. The molecule has 0 heterocycles. The van der Waals surface area contributed by atoms with Crippen LogP contribution in [0.2, 0.25) is 0 Å². The third kappa shape index (κ3) is 6.42. The van der Waals surface area contributed by atoms with E-state index in [1.54, 1.807) is 5.56 Å². The maximum Gasteiger partial charge on any atom is 0.00401 e. The zero-order chi connectivity index (χ0) is 18.9. The normalized spacial score (nSPS) is 19.9. The molecule has 0 atom stereocenters. The van der Waals surface area contributed by atoms with Crippen LogP contribution in [0, 0.1) is 0 Å². The fourth-order valence-electron chi connectivity index (χ4n) is 4.57. The molecule has 0 aromatic heterocycles. The van der Waals surface area contributed by atoms with Crippen molar-refractivity contribution in [3.05, 3.63) is 65.2 Å². The third-order valence-electron chi connectivity index (χ3n) is 6.36. The molecular formula is C26H36S. The van der Waals surface area contributed by atoms with E-state index in [0.717, 1.165) is 16.7 Å². The molecule has 0 saturated heterocycles. The molecule has 0 radical (unpaired) electrons. The van der Waals surface area contributed by atoms with E-state index < -0.39 is 0 Å². The first-order valence-electron chi connectivity index (χ1n) is 11.1. The molecule has 146 valence electrons. The Morgan fingerprint density at radius 1 is 0.667 bits per heavy atom. The highest BCUT2D eigenvalue weighted by Crippen LogP contribution is 2.40. The largest absolute Gasteiger partial charge is 0.143 e. The van der Waals surface area contributed by atoms with E-state index in [1.165, 1.54) is 81.8 Å². The summed E-state index contributed by atoms with van der Waals surface area (Å²) in [6.07, 6.45) is 14.8. The van der Waals surface area contributed by atoms with Crippen molar-refractivity contribution in [3.63, 3.8) is 0 Å². The molecule has 1 saturated carbocycles. The van der Waals surface area contributed by atoms with Gasteiger partial charge in [-0.05, 0) is 79.2 Å². The van der Waals surface area contributed by atoms with Crippen molar-refractivity contribution in [3.8, 4) is 0 Å². The Balaban J connectivity index is 1.42. The summed E-state index contributed by atoms with van der Waals surface area (Å²) in [5.41, 5.74) is 4.58. The highest BCUT2D eigenvalue weighted by molar-refractivity contribution is 7.80. The quantitative estimate of drug-likeness (QED) is 0.328. The average Bonchev–Trinajstić information content (AvgIpc) is 2.72. The molecule has 2 aromatic rings. The van der Waals surface area contributed by atoms with Crippen molar-refractivity contribution in [2.24, 2.45) is 0 Å². The first-order valence-corrected chi connectivity index (χ1v) is 11.6. The van der Waals surface area contributed by atoms with E-state index >= 15 is 0 Å². The van der Waals surface area contributed by atoms with E-state index in [2.05, 4.69) is 68.1 Å². The molecule has 3 rings (SSSR count). The van der Waals surface area contributed by atoms with E-state index in [0.29, 0.717) is 0 Å². The standard InChI is InChI=1S/C26H36S/c1-2-3-4-5-6-7-8-21-9-11-22(12-10-21)23-13-15-24(16-14-23)25-17-19-26(27)20-18-25/h9-12,17-20,23-24,27H,2-8,13-16H2,1H3. The molecule has 0 N–H and O–H groups in total. The molecule has 0 amide bonds. The van der Waals surface area contributed by atoms with Gasteiger partial charge in [-0.3, -0.25) is 0 Å². The maximum atomic E-state index is 4.41. The second-order valence-electron chi connectivity index (χ2n) is 8.40. The first-order chi connectivity index (χ1) is 13.3. The highest BCUT2D eigenvalue weighted by atomic mass is 32.1. The third-order valence-corrected chi connectivity index (χ3v) is 6.66. The van der Waals surface area contributed by atoms with Gasteiger partial charge >= 0.3 is 0 Å². The van der Waals surface area contributed by atoms with Gasteiger partial charge in [0, 0.05) is 4.90 Å². The van der Waals surface area contributed by atoms with E-state index in [9.17, 15) is 0 Å². The van der Waals surface area contributed by atoms with Crippen LogP contribution in [0.3, 0.4) is 0 Å². The topological polar surface area (TPSA) is 0 Å². The van der Waals surface area contributed by atoms with Crippen LogP contribution >= 0.6 is 12.6 Å². The first kappa shape index (κ1) is 20.5. The summed E-state index contributed by atoms with van der Waals surface area (Å²) in [7, 11) is 0. The van der Waals surface area contributed by atoms with E-state index in [-0.39, 0.29) is 0 Å². The summed E-state index contributed by atoms with van der Waals surface area (Å²) >= 11 is 4.41. The summed E-state index contributed by atoms with van der Waals surface area (Å²) in [4.78, 5) is 1.06. The van der Waals surface area contributed by atoms with Crippen LogP contribution in [0.1, 0.15) is 99.7 Å². The van der Waals surface area contributed by atoms with Gasteiger partial charge in [-0.2, -0.15) is 0 Å². The highest BCUT2D eigenvalue weighted by Gasteiger charge is 2.23. The Hall–Kier alpha value is -1.21. The van der Waals surface area contributed by atoms with Crippen LogP contribution in [0.4, 0.5) is 0 Å². The predicted octanol–water partition coefficient (Wildman–Crippen LogP) is 8.32. The molecule has 1 fully saturated rings. The molecule has 1 aliphatic rings. The molecule has 27 heavy (non-hydrogen) atoms. The Morgan fingerprint density at radius 2 is 1.15 bits per heavy atom. The Labute approximate surface area is 172 Å². The fourth-order valence-corrected chi connectivity index (χ4v) is 4.72. The van der Waals surface area contributed by atoms with Crippen LogP contribution in [-0.4, -0.2) is 0 Å². The van der Waals surface area contributed by atoms with Crippen molar-refractivity contribution in [1.29, 1.82) is 0 Å². The smallest absolute Gasteiger partial charge is 0.00401 e. The van der Waals surface area contributed by atoms with Gasteiger partial charge in [-0.15, -0.1) is 12.6 Å². The van der Waals surface area contributed by atoms with Gasteiger partial charge in [0.15, 0.2) is 0 Å². The van der Waals surface area contributed by atoms with Crippen LogP contribution < -0.4 is 0 Å². The SMILES string of the molecule is CCCCCCCCc1ccc(C2CCC(c3ccc(S)cc3)CC2)cc1. The van der Waals surface area contributed by atoms with E-state index in [4.69, 9.17) is 0 Å². The lowest BCUT2D eigenvalue weighted by Crippen LogP contribution is -2.12. The lowest BCUT2D eigenvalue weighted by Gasteiger charge is -2.29. The number of hydrogen-bond donors (Lipinski definition) is 1.